The molecule has 0 fully saturated rings. The molecule has 0 saturated heterocycles. The van der Waals surface area contributed by atoms with E-state index in [1.165, 1.54) is 18.5 Å². The number of rotatable bonds is 5. The third-order valence-electron chi connectivity index (χ3n) is 4.12. The van der Waals surface area contributed by atoms with E-state index in [0.717, 1.165) is 16.9 Å². The van der Waals surface area contributed by atoms with Crippen molar-refractivity contribution < 1.29 is 14.7 Å². The summed E-state index contributed by atoms with van der Waals surface area (Å²) >= 11 is 0. The Morgan fingerprint density at radius 2 is 1.81 bits per heavy atom. The molecule has 2 aromatic heterocycles. The van der Waals surface area contributed by atoms with Crippen molar-refractivity contribution in [1.29, 1.82) is 0 Å². The lowest BCUT2D eigenvalue weighted by Crippen LogP contribution is -2.29. The third-order valence-corrected chi connectivity index (χ3v) is 4.12. The zero-order chi connectivity index (χ0) is 18.8. The average molecular weight is 352 g/mol. The highest BCUT2D eigenvalue weighted by molar-refractivity contribution is 5.97. The number of amides is 1. The number of benzene rings is 1. The van der Waals surface area contributed by atoms with Gasteiger partial charge in [-0.05, 0) is 39.0 Å². The topological polar surface area (TPSA) is 97.1 Å². The van der Waals surface area contributed by atoms with Crippen LogP contribution in [0.3, 0.4) is 0 Å². The van der Waals surface area contributed by atoms with Crippen molar-refractivity contribution in [2.24, 2.45) is 0 Å². The lowest BCUT2D eigenvalue weighted by molar-refractivity contribution is 0.0696. The van der Waals surface area contributed by atoms with E-state index in [9.17, 15) is 9.59 Å². The number of carbonyl (C=O) groups excluding carboxylic acids is 1. The summed E-state index contributed by atoms with van der Waals surface area (Å²) < 4.78 is 2.09. The molecule has 0 bridgehead atoms. The molecule has 1 aromatic carbocycles. The highest BCUT2D eigenvalue weighted by Gasteiger charge is 2.21. The number of nitrogens with one attached hydrogen (secondary N) is 1. The molecule has 1 atom stereocenters. The van der Waals surface area contributed by atoms with Crippen molar-refractivity contribution in [1.82, 2.24) is 19.9 Å². The lowest BCUT2D eigenvalue weighted by atomic mass is 10.2. The fourth-order valence-electron chi connectivity index (χ4n) is 2.94. The maximum absolute atomic E-state index is 12.5. The second kappa shape index (κ2) is 6.95. The van der Waals surface area contributed by atoms with Crippen molar-refractivity contribution >= 4 is 22.9 Å². The number of para-hydroxylation sites is 2. The van der Waals surface area contributed by atoms with Crippen LogP contribution in [0.1, 0.15) is 59.4 Å². The summed E-state index contributed by atoms with van der Waals surface area (Å²) in [5, 5.41) is 11.9. The van der Waals surface area contributed by atoms with Gasteiger partial charge in [0.05, 0.1) is 28.2 Å². The number of carboxylic acids is 1. The van der Waals surface area contributed by atoms with Crippen LogP contribution in [0.5, 0.6) is 0 Å². The molecular formula is C19H20N4O3. The maximum atomic E-state index is 12.5. The fourth-order valence-corrected chi connectivity index (χ4v) is 2.94. The minimum atomic E-state index is -1.12. The van der Waals surface area contributed by atoms with Crippen molar-refractivity contribution in [2.45, 2.75) is 32.9 Å². The SMILES string of the molecule is CC(NC(=O)c1cncc(C(=O)O)c1)c1nc2ccccc2n1C(C)C. The fraction of sp³-hybridized carbons (Fsp3) is 0.263. The van der Waals surface area contributed by atoms with Gasteiger partial charge in [-0.2, -0.15) is 0 Å². The van der Waals surface area contributed by atoms with Gasteiger partial charge < -0.3 is 15.0 Å². The normalized spacial score (nSPS) is 12.3. The molecule has 3 rings (SSSR count). The van der Waals surface area contributed by atoms with Gasteiger partial charge in [0.25, 0.3) is 5.91 Å². The number of pyridine rings is 1. The number of aromatic carboxylic acids is 1. The molecule has 26 heavy (non-hydrogen) atoms. The van der Waals surface area contributed by atoms with Crippen LogP contribution in [0.25, 0.3) is 11.0 Å². The molecule has 0 aliphatic heterocycles. The highest BCUT2D eigenvalue weighted by atomic mass is 16.4. The Morgan fingerprint density at radius 1 is 1.12 bits per heavy atom. The summed E-state index contributed by atoms with van der Waals surface area (Å²) in [7, 11) is 0. The van der Waals surface area contributed by atoms with Crippen LogP contribution in [0.4, 0.5) is 0 Å². The van der Waals surface area contributed by atoms with Crippen molar-refractivity contribution in [3.8, 4) is 0 Å². The Labute approximate surface area is 150 Å². The predicted octanol–water partition coefficient (Wildman–Crippen LogP) is 3.20. The highest BCUT2D eigenvalue weighted by Crippen LogP contribution is 2.25. The zero-order valence-electron chi connectivity index (χ0n) is 14.8. The van der Waals surface area contributed by atoms with E-state index < -0.39 is 11.9 Å². The van der Waals surface area contributed by atoms with Crippen molar-refractivity contribution in [2.75, 3.05) is 0 Å². The van der Waals surface area contributed by atoms with Crippen LogP contribution in [0.15, 0.2) is 42.7 Å². The summed E-state index contributed by atoms with van der Waals surface area (Å²) in [5.41, 5.74) is 2.05. The number of hydrogen-bond donors (Lipinski definition) is 2. The Hall–Kier alpha value is -3.22. The van der Waals surface area contributed by atoms with E-state index in [1.807, 2.05) is 31.2 Å². The lowest BCUT2D eigenvalue weighted by Gasteiger charge is -2.18. The molecule has 134 valence electrons. The number of carbonyl (C=O) groups is 2. The molecule has 7 heteroatoms. The molecule has 0 aliphatic carbocycles. The summed E-state index contributed by atoms with van der Waals surface area (Å²) in [5.74, 6) is -0.769. The minimum Gasteiger partial charge on any atom is -0.478 e. The quantitative estimate of drug-likeness (QED) is 0.735. The standard InChI is InChI=1S/C19H20N4O3/c1-11(2)23-16-7-5-4-6-15(16)22-17(23)12(3)21-18(24)13-8-14(19(25)26)10-20-9-13/h4-12H,1-3H3,(H,21,24)(H,25,26). The van der Waals surface area contributed by atoms with Crippen LogP contribution < -0.4 is 5.32 Å². The first kappa shape index (κ1) is 17.6. The van der Waals surface area contributed by atoms with E-state index in [-0.39, 0.29) is 23.2 Å². The Balaban J connectivity index is 1.90. The Kier molecular flexibility index (Phi) is 4.71. The van der Waals surface area contributed by atoms with E-state index in [1.54, 1.807) is 0 Å². The Bertz CT molecular complexity index is 978. The van der Waals surface area contributed by atoms with Crippen molar-refractivity contribution in [3.05, 3.63) is 59.7 Å². The van der Waals surface area contributed by atoms with Gasteiger partial charge in [0.2, 0.25) is 0 Å². The first-order valence-corrected chi connectivity index (χ1v) is 8.34. The number of carboxylic acid groups (broad SMARTS) is 1. The van der Waals surface area contributed by atoms with E-state index in [4.69, 9.17) is 5.11 Å². The molecule has 0 radical (unpaired) electrons. The number of nitrogens with zero attached hydrogens (tertiary/aromatic N) is 3. The Morgan fingerprint density at radius 3 is 2.50 bits per heavy atom. The predicted molar refractivity (Wildman–Crippen MR) is 97.2 cm³/mol. The molecule has 2 heterocycles. The third kappa shape index (κ3) is 3.28. The van der Waals surface area contributed by atoms with E-state index in [0.29, 0.717) is 0 Å². The van der Waals surface area contributed by atoms with E-state index in [2.05, 4.69) is 33.7 Å². The molecule has 2 N–H and O–H groups in total. The number of aromatic nitrogens is 3. The van der Waals surface area contributed by atoms with Crippen LogP contribution in [-0.4, -0.2) is 31.5 Å². The number of fused-ring (bicyclic) bond motifs is 1. The van der Waals surface area contributed by atoms with Crippen LogP contribution in [0.2, 0.25) is 0 Å². The second-order valence-corrected chi connectivity index (χ2v) is 6.39. The largest absolute Gasteiger partial charge is 0.478 e. The van der Waals surface area contributed by atoms with Gasteiger partial charge in [0, 0.05) is 18.4 Å². The second-order valence-electron chi connectivity index (χ2n) is 6.39. The van der Waals surface area contributed by atoms with Gasteiger partial charge in [-0.15, -0.1) is 0 Å². The van der Waals surface area contributed by atoms with Gasteiger partial charge in [0.15, 0.2) is 0 Å². The maximum Gasteiger partial charge on any atom is 0.337 e. The molecule has 0 spiro atoms. The van der Waals surface area contributed by atoms with Crippen LogP contribution in [0, 0.1) is 0 Å². The summed E-state index contributed by atoms with van der Waals surface area (Å²) in [6, 6.07) is 8.95. The van der Waals surface area contributed by atoms with Gasteiger partial charge >= 0.3 is 5.97 Å². The summed E-state index contributed by atoms with van der Waals surface area (Å²) in [6.45, 7) is 5.98. The van der Waals surface area contributed by atoms with Gasteiger partial charge in [0.1, 0.15) is 5.82 Å². The van der Waals surface area contributed by atoms with Crippen LogP contribution >= 0.6 is 0 Å². The first-order valence-electron chi connectivity index (χ1n) is 8.34. The van der Waals surface area contributed by atoms with Crippen LogP contribution in [-0.2, 0) is 0 Å². The summed E-state index contributed by atoms with van der Waals surface area (Å²) in [4.78, 5) is 32.1. The summed E-state index contributed by atoms with van der Waals surface area (Å²) in [6.07, 6.45) is 2.56. The van der Waals surface area contributed by atoms with Gasteiger partial charge in [-0.1, -0.05) is 12.1 Å². The average Bonchev–Trinajstić information content (AvgIpc) is 3.01. The molecule has 0 aliphatic rings. The molecule has 3 aromatic rings. The smallest absolute Gasteiger partial charge is 0.337 e. The monoisotopic (exact) mass is 352 g/mol. The number of hydrogen-bond acceptors (Lipinski definition) is 4. The molecule has 1 unspecified atom stereocenters. The molecule has 0 saturated carbocycles. The molecule has 7 nitrogen and oxygen atoms in total. The van der Waals surface area contributed by atoms with E-state index >= 15 is 0 Å². The first-order chi connectivity index (χ1) is 12.4. The number of imidazole rings is 1. The van der Waals surface area contributed by atoms with Crippen molar-refractivity contribution in [3.63, 3.8) is 0 Å². The molecular weight excluding hydrogens is 332 g/mol. The zero-order valence-corrected chi connectivity index (χ0v) is 14.8. The van der Waals surface area contributed by atoms with Gasteiger partial charge in [-0.25, -0.2) is 9.78 Å². The molecule has 1 amide bonds. The minimum absolute atomic E-state index is 0.0280. The van der Waals surface area contributed by atoms with Gasteiger partial charge in [-0.3, -0.25) is 9.78 Å².